The van der Waals surface area contributed by atoms with Crippen LogP contribution >= 0.6 is 0 Å². The summed E-state index contributed by atoms with van der Waals surface area (Å²) in [5.41, 5.74) is 0.960. The van der Waals surface area contributed by atoms with E-state index in [0.29, 0.717) is 24.4 Å². The number of ether oxygens (including phenoxy) is 1. The van der Waals surface area contributed by atoms with Crippen LogP contribution in [0.1, 0.15) is 0 Å². The fourth-order valence-corrected chi connectivity index (χ4v) is 3.79. The highest BCUT2D eigenvalue weighted by atomic mass is 32.2. The number of morpholine rings is 1. The number of oxazole rings is 1. The lowest BCUT2D eigenvalue weighted by Crippen LogP contribution is -2.36. The highest BCUT2D eigenvalue weighted by Crippen LogP contribution is 2.21. The molecule has 10 heteroatoms. The SMILES string of the molecule is O=c1[nH]c2ccc(S(=O)(=O)Nc3ccc(N4CCOCC4)nc3)cc2o1. The first-order valence-electron chi connectivity index (χ1n) is 7.96. The number of sulfonamides is 1. The number of aromatic amines is 1. The maximum Gasteiger partial charge on any atom is 0.417 e. The normalized spacial score (nSPS) is 15.3. The van der Waals surface area contributed by atoms with Gasteiger partial charge in [0.05, 0.1) is 35.5 Å². The monoisotopic (exact) mass is 376 g/mol. The molecule has 0 spiro atoms. The Kier molecular flexibility index (Phi) is 4.13. The van der Waals surface area contributed by atoms with Crippen molar-refractivity contribution in [1.82, 2.24) is 9.97 Å². The predicted octanol–water partition coefficient (Wildman–Crippen LogP) is 1.15. The van der Waals surface area contributed by atoms with E-state index in [1.807, 2.05) is 0 Å². The highest BCUT2D eigenvalue weighted by molar-refractivity contribution is 7.92. The number of fused-ring (bicyclic) bond motifs is 1. The number of nitrogens with one attached hydrogen (secondary N) is 2. The third kappa shape index (κ3) is 3.28. The van der Waals surface area contributed by atoms with E-state index in [0.717, 1.165) is 18.9 Å². The smallest absolute Gasteiger partial charge is 0.408 e. The summed E-state index contributed by atoms with van der Waals surface area (Å²) >= 11 is 0. The number of pyridine rings is 1. The Hall–Kier alpha value is -2.85. The summed E-state index contributed by atoms with van der Waals surface area (Å²) in [5.74, 6) is 0.136. The molecule has 26 heavy (non-hydrogen) atoms. The molecule has 2 aromatic heterocycles. The lowest BCUT2D eigenvalue weighted by atomic mass is 10.3. The molecule has 1 aliphatic heterocycles. The first-order valence-corrected chi connectivity index (χ1v) is 9.44. The predicted molar refractivity (Wildman–Crippen MR) is 94.9 cm³/mol. The van der Waals surface area contributed by atoms with Crippen LogP contribution in [-0.4, -0.2) is 44.7 Å². The second kappa shape index (κ2) is 6.46. The summed E-state index contributed by atoms with van der Waals surface area (Å²) in [4.78, 5) is 20.0. The van der Waals surface area contributed by atoms with Crippen molar-refractivity contribution in [2.75, 3.05) is 35.9 Å². The van der Waals surface area contributed by atoms with Crippen LogP contribution in [0.3, 0.4) is 0 Å². The first-order chi connectivity index (χ1) is 12.5. The number of rotatable bonds is 4. The van der Waals surface area contributed by atoms with Crippen molar-refractivity contribution in [3.05, 3.63) is 47.1 Å². The van der Waals surface area contributed by atoms with Gasteiger partial charge in [-0.1, -0.05) is 0 Å². The van der Waals surface area contributed by atoms with Crippen molar-refractivity contribution in [3.63, 3.8) is 0 Å². The van der Waals surface area contributed by atoms with E-state index in [4.69, 9.17) is 9.15 Å². The highest BCUT2D eigenvalue weighted by Gasteiger charge is 2.17. The molecule has 1 aromatic carbocycles. The molecule has 3 heterocycles. The fraction of sp³-hybridized carbons (Fsp3) is 0.250. The molecule has 0 amide bonds. The van der Waals surface area contributed by atoms with Gasteiger partial charge >= 0.3 is 5.76 Å². The molecule has 1 saturated heterocycles. The number of anilines is 2. The zero-order valence-corrected chi connectivity index (χ0v) is 14.5. The van der Waals surface area contributed by atoms with Gasteiger partial charge in [-0.25, -0.2) is 18.2 Å². The Morgan fingerprint density at radius 1 is 1.15 bits per heavy atom. The van der Waals surface area contributed by atoms with Crippen LogP contribution in [0, 0.1) is 0 Å². The molecule has 0 unspecified atom stereocenters. The summed E-state index contributed by atoms with van der Waals surface area (Å²) in [5, 5.41) is 0. The minimum atomic E-state index is -3.83. The van der Waals surface area contributed by atoms with Gasteiger partial charge in [-0.2, -0.15) is 0 Å². The van der Waals surface area contributed by atoms with Crippen LogP contribution in [0.5, 0.6) is 0 Å². The van der Waals surface area contributed by atoms with E-state index in [2.05, 4.69) is 19.6 Å². The molecule has 0 radical (unpaired) electrons. The first kappa shape index (κ1) is 16.6. The number of H-pyrrole nitrogens is 1. The van der Waals surface area contributed by atoms with Crippen molar-refractivity contribution < 1.29 is 17.6 Å². The van der Waals surface area contributed by atoms with Gasteiger partial charge in [-0.3, -0.25) is 9.71 Å². The molecular weight excluding hydrogens is 360 g/mol. The van der Waals surface area contributed by atoms with Gasteiger partial charge in [0.1, 0.15) is 5.82 Å². The van der Waals surface area contributed by atoms with E-state index >= 15 is 0 Å². The number of benzene rings is 1. The minimum absolute atomic E-state index is 0.00925. The van der Waals surface area contributed by atoms with Gasteiger partial charge in [-0.15, -0.1) is 0 Å². The quantitative estimate of drug-likeness (QED) is 0.701. The molecule has 1 aliphatic rings. The van der Waals surface area contributed by atoms with E-state index in [-0.39, 0.29) is 10.5 Å². The third-order valence-electron chi connectivity index (χ3n) is 4.04. The molecular formula is C16H16N4O5S. The van der Waals surface area contributed by atoms with Crippen molar-refractivity contribution in [2.45, 2.75) is 4.90 Å². The van der Waals surface area contributed by atoms with Gasteiger partial charge in [0, 0.05) is 19.2 Å². The summed E-state index contributed by atoms with van der Waals surface area (Å²) in [6.45, 7) is 2.79. The van der Waals surface area contributed by atoms with Gasteiger partial charge in [0.15, 0.2) is 5.58 Å². The van der Waals surface area contributed by atoms with E-state index in [1.165, 1.54) is 24.4 Å². The fourth-order valence-electron chi connectivity index (χ4n) is 2.73. The summed E-state index contributed by atoms with van der Waals surface area (Å²) < 4.78 is 37.8. The minimum Gasteiger partial charge on any atom is -0.408 e. The van der Waals surface area contributed by atoms with Crippen LogP contribution in [0.2, 0.25) is 0 Å². The molecule has 0 saturated carbocycles. The van der Waals surface area contributed by atoms with Crippen LogP contribution in [0.4, 0.5) is 11.5 Å². The van der Waals surface area contributed by atoms with Gasteiger partial charge in [0.25, 0.3) is 10.0 Å². The lowest BCUT2D eigenvalue weighted by Gasteiger charge is -2.27. The van der Waals surface area contributed by atoms with Crippen molar-refractivity contribution in [3.8, 4) is 0 Å². The Labute approximate surface area is 148 Å². The zero-order chi connectivity index (χ0) is 18.1. The Morgan fingerprint density at radius 3 is 2.69 bits per heavy atom. The van der Waals surface area contributed by atoms with Crippen LogP contribution in [0.25, 0.3) is 11.1 Å². The second-order valence-corrected chi connectivity index (χ2v) is 7.46. The summed E-state index contributed by atoms with van der Waals surface area (Å²) in [7, 11) is -3.83. The lowest BCUT2D eigenvalue weighted by molar-refractivity contribution is 0.122. The number of hydrogen-bond donors (Lipinski definition) is 2. The largest absolute Gasteiger partial charge is 0.417 e. The molecule has 4 rings (SSSR count). The Morgan fingerprint density at radius 2 is 1.96 bits per heavy atom. The molecule has 1 fully saturated rings. The molecule has 9 nitrogen and oxygen atoms in total. The number of aromatic nitrogens is 2. The Bertz CT molecular complexity index is 1080. The average molecular weight is 376 g/mol. The topological polar surface area (TPSA) is 118 Å². The molecule has 2 N–H and O–H groups in total. The maximum atomic E-state index is 12.5. The summed E-state index contributed by atoms with van der Waals surface area (Å²) in [6.07, 6.45) is 1.47. The van der Waals surface area contributed by atoms with Crippen LogP contribution in [-0.2, 0) is 14.8 Å². The maximum absolute atomic E-state index is 12.5. The average Bonchev–Trinajstić information content (AvgIpc) is 3.02. The van der Waals surface area contributed by atoms with Crippen molar-refractivity contribution >= 4 is 32.6 Å². The molecule has 0 bridgehead atoms. The molecule has 0 aliphatic carbocycles. The standard InChI is InChI=1S/C16H16N4O5S/c21-16-18-13-3-2-12(9-14(13)25-16)26(22,23)19-11-1-4-15(17-10-11)20-5-7-24-8-6-20/h1-4,9-10,19H,5-8H2,(H,18,21). The zero-order valence-electron chi connectivity index (χ0n) is 13.6. The Balaban J connectivity index is 1.55. The van der Waals surface area contributed by atoms with Gasteiger partial charge < -0.3 is 14.1 Å². The molecule has 0 atom stereocenters. The molecule has 136 valence electrons. The number of hydrogen-bond acceptors (Lipinski definition) is 7. The number of nitrogens with zero attached hydrogens (tertiary/aromatic N) is 2. The third-order valence-corrected chi connectivity index (χ3v) is 5.42. The van der Waals surface area contributed by atoms with Crippen molar-refractivity contribution in [1.29, 1.82) is 0 Å². The van der Waals surface area contributed by atoms with Crippen LogP contribution < -0.4 is 15.4 Å². The summed E-state index contributed by atoms with van der Waals surface area (Å²) in [6, 6.07) is 7.59. The van der Waals surface area contributed by atoms with Crippen molar-refractivity contribution in [2.24, 2.45) is 0 Å². The second-order valence-electron chi connectivity index (χ2n) is 5.78. The van der Waals surface area contributed by atoms with E-state index < -0.39 is 15.8 Å². The van der Waals surface area contributed by atoms with Gasteiger partial charge in [0.2, 0.25) is 0 Å². The molecule has 3 aromatic rings. The van der Waals surface area contributed by atoms with Crippen LogP contribution in [0.15, 0.2) is 50.6 Å². The van der Waals surface area contributed by atoms with Gasteiger partial charge in [-0.05, 0) is 24.3 Å². The van der Waals surface area contributed by atoms with E-state index in [1.54, 1.807) is 12.1 Å². The van der Waals surface area contributed by atoms with E-state index in [9.17, 15) is 13.2 Å².